The Kier molecular flexibility index (Phi) is 6.02. The molecule has 0 aromatic carbocycles. The molecular weight excluding hydrogens is 166 g/mol. The highest BCUT2D eigenvalue weighted by Crippen LogP contribution is 2.20. The van der Waals surface area contributed by atoms with Crippen LogP contribution in [0.25, 0.3) is 0 Å². The Morgan fingerprint density at radius 3 is 3.10 bits per heavy atom. The van der Waals surface area contributed by atoms with Gasteiger partial charge in [0.15, 0.2) is 0 Å². The lowest BCUT2D eigenvalue weighted by Gasteiger charge is -1.97. The molecule has 0 rings (SSSR count). The normalized spacial score (nSPS) is 10.7. The van der Waals surface area contributed by atoms with Crippen molar-refractivity contribution in [2.75, 3.05) is 18.6 Å². The molecule has 1 amide bonds. The second kappa shape index (κ2) is 7.28. The van der Waals surface area contributed by atoms with Crippen molar-refractivity contribution in [3.63, 3.8) is 0 Å². The molecule has 0 aliphatic rings. The van der Waals surface area contributed by atoms with Crippen LogP contribution in [0.15, 0.2) is 0 Å². The van der Waals surface area contributed by atoms with Gasteiger partial charge in [0.1, 0.15) is 0 Å². The van der Waals surface area contributed by atoms with E-state index in [1.807, 2.05) is 0 Å². The van der Waals surface area contributed by atoms with E-state index in [-0.39, 0.29) is 5.91 Å². The average molecular weight is 180 g/mol. The van der Waals surface area contributed by atoms with Crippen LogP contribution in [0.2, 0.25) is 0 Å². The minimum absolute atomic E-state index is 0.0870. The average Bonchev–Trinajstić information content (AvgIpc) is 2.04. The summed E-state index contributed by atoms with van der Waals surface area (Å²) in [7, 11) is 4.96. The van der Waals surface area contributed by atoms with E-state index in [2.05, 4.69) is 5.32 Å². The van der Waals surface area contributed by atoms with E-state index in [0.29, 0.717) is 13.3 Å². The Morgan fingerprint density at radius 1 is 1.70 bits per heavy atom. The summed E-state index contributed by atoms with van der Waals surface area (Å²) in [5.41, 5.74) is 0. The van der Waals surface area contributed by atoms with Crippen LogP contribution < -0.4 is 5.32 Å². The van der Waals surface area contributed by atoms with Gasteiger partial charge in [-0.05, 0) is 0 Å². The van der Waals surface area contributed by atoms with Crippen molar-refractivity contribution in [3.05, 3.63) is 0 Å². The quantitative estimate of drug-likeness (QED) is 0.514. The van der Waals surface area contributed by atoms with Crippen LogP contribution in [0.4, 0.5) is 0 Å². The van der Waals surface area contributed by atoms with Crippen LogP contribution >= 0.6 is 21.6 Å². The zero-order valence-corrected chi connectivity index (χ0v) is 7.69. The Hall–Kier alpha value is 0.170. The van der Waals surface area contributed by atoms with Crippen LogP contribution in [0.1, 0.15) is 14.7 Å². The number of carbonyl (C=O) groups excluding carboxylic acids is 1. The van der Waals surface area contributed by atoms with E-state index in [1.165, 1.54) is 0 Å². The van der Waals surface area contributed by atoms with Gasteiger partial charge < -0.3 is 5.32 Å². The van der Waals surface area contributed by atoms with Gasteiger partial charge in [0.25, 0.3) is 0 Å². The highest BCUT2D eigenvalue weighted by Gasteiger charge is 1.95. The Morgan fingerprint density at radius 2 is 2.50 bits per heavy atom. The van der Waals surface area contributed by atoms with Gasteiger partial charge in [-0.2, -0.15) is 0 Å². The van der Waals surface area contributed by atoms with Gasteiger partial charge in [-0.3, -0.25) is 4.79 Å². The minimum Gasteiger partial charge on any atom is -0.359 e. The van der Waals surface area contributed by atoms with E-state index in [1.54, 1.807) is 28.6 Å². The van der Waals surface area contributed by atoms with Crippen molar-refractivity contribution in [2.24, 2.45) is 0 Å². The van der Waals surface area contributed by atoms with Crippen LogP contribution in [0.5, 0.6) is 0 Å². The van der Waals surface area contributed by atoms with Crippen molar-refractivity contribution >= 4 is 27.5 Å². The summed E-state index contributed by atoms with van der Waals surface area (Å²) in [6.07, 6.45) is 0.576. The van der Waals surface area contributed by atoms with E-state index in [4.69, 9.17) is 1.37 Å². The molecule has 10 heavy (non-hydrogen) atoms. The summed E-state index contributed by atoms with van der Waals surface area (Å²) >= 11 is 0. The Balaban J connectivity index is 2.95. The van der Waals surface area contributed by atoms with Crippen molar-refractivity contribution in [1.82, 2.24) is 5.32 Å². The maximum absolute atomic E-state index is 10.7. The van der Waals surface area contributed by atoms with Crippen molar-refractivity contribution in [3.8, 4) is 0 Å². The molecule has 0 radical (unpaired) electrons. The fraction of sp³-hybridized carbons (Fsp3) is 0.833. The molecule has 4 heteroatoms. The first-order chi connectivity index (χ1) is 5.31. The van der Waals surface area contributed by atoms with Gasteiger partial charge in [0.2, 0.25) is 5.91 Å². The Bertz CT molecular complexity index is 113. The van der Waals surface area contributed by atoms with Gasteiger partial charge in [0.05, 0.1) is 0 Å². The maximum atomic E-state index is 10.7. The molecule has 0 aliphatic carbocycles. The summed E-state index contributed by atoms with van der Waals surface area (Å²) in [6, 6.07) is 0. The predicted molar refractivity (Wildman–Crippen MR) is 49.3 cm³/mol. The van der Waals surface area contributed by atoms with E-state index in [0.717, 1.165) is 11.5 Å². The molecule has 1 N–H and O–H groups in total. The molecule has 0 aromatic rings. The SMILES string of the molecule is [2H]CCSSCCC(=O)NC. The van der Waals surface area contributed by atoms with Gasteiger partial charge in [-0.15, -0.1) is 0 Å². The fourth-order valence-electron chi connectivity index (χ4n) is 0.377. The van der Waals surface area contributed by atoms with Gasteiger partial charge in [-0.25, -0.2) is 0 Å². The first kappa shape index (κ1) is 8.27. The summed E-state index contributed by atoms with van der Waals surface area (Å²) in [6.45, 7) is 0.456. The number of nitrogens with one attached hydrogen (secondary N) is 1. The predicted octanol–water partition coefficient (Wildman–Crippen LogP) is 1.52. The molecule has 0 saturated heterocycles. The number of amides is 1. The Labute approximate surface area is 71.3 Å². The molecule has 0 spiro atoms. The van der Waals surface area contributed by atoms with E-state index < -0.39 is 0 Å². The molecule has 0 bridgehead atoms. The molecule has 0 fully saturated rings. The summed E-state index contributed by atoms with van der Waals surface area (Å²) in [4.78, 5) is 10.7. The second-order valence-electron chi connectivity index (χ2n) is 1.57. The molecule has 0 aromatic heterocycles. The number of hydrogen-bond donors (Lipinski definition) is 1. The van der Waals surface area contributed by atoms with Crippen molar-refractivity contribution in [2.45, 2.75) is 13.3 Å². The molecule has 0 heterocycles. The van der Waals surface area contributed by atoms with E-state index in [9.17, 15) is 4.79 Å². The van der Waals surface area contributed by atoms with Crippen molar-refractivity contribution in [1.29, 1.82) is 0 Å². The second-order valence-corrected chi connectivity index (χ2v) is 4.27. The smallest absolute Gasteiger partial charge is 0.220 e. The maximum Gasteiger partial charge on any atom is 0.220 e. The van der Waals surface area contributed by atoms with Gasteiger partial charge in [0, 0.05) is 26.3 Å². The number of rotatable bonds is 5. The topological polar surface area (TPSA) is 29.1 Å². The third kappa shape index (κ3) is 6.29. The highest BCUT2D eigenvalue weighted by molar-refractivity contribution is 8.76. The molecular formula is C6H13NOS2. The van der Waals surface area contributed by atoms with Crippen LogP contribution in [0, 0.1) is 0 Å². The molecule has 0 atom stereocenters. The molecule has 60 valence electrons. The zero-order chi connectivity index (χ0) is 8.53. The lowest BCUT2D eigenvalue weighted by molar-refractivity contribution is -0.120. The lowest BCUT2D eigenvalue weighted by atomic mass is 10.5. The number of carbonyl (C=O) groups is 1. The minimum atomic E-state index is 0.0870. The first-order valence-electron chi connectivity index (χ1n) is 3.76. The summed E-state index contributed by atoms with van der Waals surface area (Å²) in [5.74, 6) is 1.77. The molecule has 0 saturated carbocycles. The fourth-order valence-corrected chi connectivity index (χ4v) is 1.84. The van der Waals surface area contributed by atoms with E-state index >= 15 is 0 Å². The first-order valence-corrected chi connectivity index (χ1v) is 5.54. The zero-order valence-electron chi connectivity index (χ0n) is 7.05. The molecule has 2 nitrogen and oxygen atoms in total. The van der Waals surface area contributed by atoms with Crippen LogP contribution in [-0.2, 0) is 4.79 Å². The van der Waals surface area contributed by atoms with Crippen LogP contribution in [0.3, 0.4) is 0 Å². The largest absolute Gasteiger partial charge is 0.359 e. The summed E-state index contributed by atoms with van der Waals surface area (Å²) < 4.78 is 6.85. The van der Waals surface area contributed by atoms with Crippen molar-refractivity contribution < 1.29 is 6.17 Å². The monoisotopic (exact) mass is 180 g/mol. The third-order valence-electron chi connectivity index (χ3n) is 0.858. The third-order valence-corrected chi connectivity index (χ3v) is 3.06. The molecule has 0 aliphatic heterocycles. The molecule has 0 unspecified atom stereocenters. The lowest BCUT2D eigenvalue weighted by Crippen LogP contribution is -2.17. The van der Waals surface area contributed by atoms with Crippen LogP contribution in [-0.4, -0.2) is 24.5 Å². The van der Waals surface area contributed by atoms with Gasteiger partial charge >= 0.3 is 0 Å². The number of hydrogen-bond acceptors (Lipinski definition) is 3. The van der Waals surface area contributed by atoms with Gasteiger partial charge in [-0.1, -0.05) is 28.5 Å². The highest BCUT2D eigenvalue weighted by atomic mass is 33.1. The summed E-state index contributed by atoms with van der Waals surface area (Å²) in [5, 5.41) is 2.56. The standard InChI is InChI=1S/C6H13NOS2/c1-3-9-10-5-4-6(8)7-2/h3-5H2,1-2H3,(H,7,8)/i1D.